The minimum atomic E-state index is -0.951. The maximum Gasteiger partial charge on any atom is 0.335 e. The standard InChI is InChI=1S/C22H36O4/c1-2-3-4-5-6-7-8-9-10-11-12-13-20(23)18-26-21-16-14-19(15-17-21)22(24)25/h14-17,20,23H,2-13,18H2,1H3,(H,24,25). The van der Waals surface area contributed by atoms with Crippen LogP contribution >= 0.6 is 0 Å². The molecule has 0 fully saturated rings. The zero-order valence-corrected chi connectivity index (χ0v) is 16.3. The average molecular weight is 365 g/mol. The number of ether oxygens (including phenoxy) is 1. The maximum atomic E-state index is 10.8. The summed E-state index contributed by atoms with van der Waals surface area (Å²) in [7, 11) is 0. The molecule has 148 valence electrons. The van der Waals surface area contributed by atoms with Crippen LogP contribution in [0, 0.1) is 0 Å². The highest BCUT2D eigenvalue weighted by atomic mass is 16.5. The lowest BCUT2D eigenvalue weighted by Gasteiger charge is -2.12. The second kappa shape index (κ2) is 14.6. The van der Waals surface area contributed by atoms with E-state index < -0.39 is 12.1 Å². The topological polar surface area (TPSA) is 66.8 Å². The van der Waals surface area contributed by atoms with Crippen LogP contribution in [0.4, 0.5) is 0 Å². The summed E-state index contributed by atoms with van der Waals surface area (Å²) in [5.74, 6) is -0.360. The van der Waals surface area contributed by atoms with Gasteiger partial charge in [-0.2, -0.15) is 0 Å². The van der Waals surface area contributed by atoms with E-state index in [1.807, 2.05) is 0 Å². The van der Waals surface area contributed by atoms with Crippen molar-refractivity contribution in [3.8, 4) is 5.75 Å². The van der Waals surface area contributed by atoms with E-state index in [0.717, 1.165) is 12.8 Å². The molecule has 1 unspecified atom stereocenters. The number of aromatic carboxylic acids is 1. The van der Waals surface area contributed by atoms with E-state index in [4.69, 9.17) is 9.84 Å². The summed E-state index contributed by atoms with van der Waals surface area (Å²) >= 11 is 0. The van der Waals surface area contributed by atoms with Crippen molar-refractivity contribution in [3.63, 3.8) is 0 Å². The normalized spacial score (nSPS) is 12.1. The van der Waals surface area contributed by atoms with E-state index in [2.05, 4.69) is 6.92 Å². The van der Waals surface area contributed by atoms with Crippen molar-refractivity contribution in [1.29, 1.82) is 0 Å². The lowest BCUT2D eigenvalue weighted by Crippen LogP contribution is -2.17. The lowest BCUT2D eigenvalue weighted by atomic mass is 10.0. The third-order valence-electron chi connectivity index (χ3n) is 4.68. The number of hydrogen-bond acceptors (Lipinski definition) is 3. The van der Waals surface area contributed by atoms with Crippen molar-refractivity contribution >= 4 is 5.97 Å². The highest BCUT2D eigenvalue weighted by molar-refractivity contribution is 5.87. The van der Waals surface area contributed by atoms with Gasteiger partial charge in [0.1, 0.15) is 12.4 Å². The zero-order chi connectivity index (χ0) is 19.0. The first-order valence-corrected chi connectivity index (χ1v) is 10.3. The highest BCUT2D eigenvalue weighted by Crippen LogP contribution is 2.15. The third kappa shape index (κ3) is 11.1. The Kier molecular flexibility index (Phi) is 12.6. The van der Waals surface area contributed by atoms with Crippen molar-refractivity contribution in [3.05, 3.63) is 29.8 Å². The summed E-state index contributed by atoms with van der Waals surface area (Å²) in [6, 6.07) is 6.26. The molecule has 1 aromatic rings. The molecule has 0 aliphatic rings. The number of carboxylic acid groups (broad SMARTS) is 1. The first-order chi connectivity index (χ1) is 12.6. The van der Waals surface area contributed by atoms with Crippen LogP contribution in [0.25, 0.3) is 0 Å². The van der Waals surface area contributed by atoms with E-state index >= 15 is 0 Å². The Labute approximate surface area is 158 Å². The number of hydrogen-bond donors (Lipinski definition) is 2. The van der Waals surface area contributed by atoms with Gasteiger partial charge in [0.2, 0.25) is 0 Å². The summed E-state index contributed by atoms with van der Waals surface area (Å²) in [5.41, 5.74) is 0.235. The van der Waals surface area contributed by atoms with Gasteiger partial charge in [-0.3, -0.25) is 0 Å². The molecule has 0 aliphatic heterocycles. The molecule has 0 aromatic heterocycles. The summed E-state index contributed by atoms with van der Waals surface area (Å²) in [5, 5.41) is 18.8. The molecule has 26 heavy (non-hydrogen) atoms. The largest absolute Gasteiger partial charge is 0.491 e. The quantitative estimate of drug-likeness (QED) is 0.362. The zero-order valence-electron chi connectivity index (χ0n) is 16.3. The Morgan fingerprint density at radius 3 is 1.88 bits per heavy atom. The van der Waals surface area contributed by atoms with Gasteiger partial charge in [0, 0.05) is 0 Å². The molecule has 0 heterocycles. The van der Waals surface area contributed by atoms with Gasteiger partial charge in [-0.25, -0.2) is 4.79 Å². The second-order valence-electron chi connectivity index (χ2n) is 7.12. The van der Waals surface area contributed by atoms with Gasteiger partial charge >= 0.3 is 5.97 Å². The smallest absolute Gasteiger partial charge is 0.335 e. The molecule has 0 amide bonds. The highest BCUT2D eigenvalue weighted by Gasteiger charge is 2.06. The predicted octanol–water partition coefficient (Wildman–Crippen LogP) is 5.83. The molecule has 0 aliphatic carbocycles. The number of aliphatic hydroxyl groups is 1. The van der Waals surface area contributed by atoms with E-state index in [0.29, 0.717) is 5.75 Å². The first kappa shape index (κ1) is 22.5. The summed E-state index contributed by atoms with van der Waals surface area (Å²) in [6.07, 6.45) is 14.6. The van der Waals surface area contributed by atoms with Gasteiger partial charge < -0.3 is 14.9 Å². The van der Waals surface area contributed by atoms with Gasteiger partial charge in [-0.15, -0.1) is 0 Å². The lowest BCUT2D eigenvalue weighted by molar-refractivity contribution is 0.0696. The molecule has 2 N–H and O–H groups in total. The summed E-state index contributed by atoms with van der Waals surface area (Å²) in [4.78, 5) is 10.8. The molecule has 4 heteroatoms. The number of unbranched alkanes of at least 4 members (excludes halogenated alkanes) is 10. The Hall–Kier alpha value is -1.55. The van der Waals surface area contributed by atoms with Crippen molar-refractivity contribution in [2.45, 2.75) is 90.1 Å². The van der Waals surface area contributed by atoms with Crippen molar-refractivity contribution in [2.75, 3.05) is 6.61 Å². The molecule has 4 nitrogen and oxygen atoms in total. The van der Waals surface area contributed by atoms with Crippen LogP contribution in [0.3, 0.4) is 0 Å². The predicted molar refractivity (Wildman–Crippen MR) is 106 cm³/mol. The number of carbonyl (C=O) groups is 1. The monoisotopic (exact) mass is 364 g/mol. The van der Waals surface area contributed by atoms with Crippen LogP contribution in [-0.4, -0.2) is 28.9 Å². The van der Waals surface area contributed by atoms with Gasteiger partial charge in [-0.1, -0.05) is 77.6 Å². The van der Waals surface area contributed by atoms with Gasteiger partial charge in [0.25, 0.3) is 0 Å². The van der Waals surface area contributed by atoms with Crippen LogP contribution < -0.4 is 4.74 Å². The van der Waals surface area contributed by atoms with Gasteiger partial charge in [0.15, 0.2) is 0 Å². The van der Waals surface area contributed by atoms with Crippen LogP contribution in [0.1, 0.15) is 94.3 Å². The molecular weight excluding hydrogens is 328 g/mol. The minimum absolute atomic E-state index is 0.235. The fraction of sp³-hybridized carbons (Fsp3) is 0.682. The van der Waals surface area contributed by atoms with E-state index in [1.165, 1.54) is 76.3 Å². The fourth-order valence-corrected chi connectivity index (χ4v) is 3.01. The average Bonchev–Trinajstić information content (AvgIpc) is 2.64. The van der Waals surface area contributed by atoms with Crippen molar-refractivity contribution in [1.82, 2.24) is 0 Å². The number of benzene rings is 1. The van der Waals surface area contributed by atoms with E-state index in [1.54, 1.807) is 12.1 Å². The molecule has 0 saturated heterocycles. The molecule has 0 saturated carbocycles. The Bertz CT molecular complexity index is 470. The Balaban J connectivity index is 1.95. The van der Waals surface area contributed by atoms with Crippen LogP contribution in [-0.2, 0) is 0 Å². The third-order valence-corrected chi connectivity index (χ3v) is 4.68. The second-order valence-corrected chi connectivity index (χ2v) is 7.12. The molecule has 1 aromatic carbocycles. The van der Waals surface area contributed by atoms with Crippen LogP contribution in [0.15, 0.2) is 24.3 Å². The van der Waals surface area contributed by atoms with Crippen molar-refractivity contribution in [2.24, 2.45) is 0 Å². The van der Waals surface area contributed by atoms with E-state index in [-0.39, 0.29) is 12.2 Å². The van der Waals surface area contributed by atoms with E-state index in [9.17, 15) is 9.90 Å². The number of rotatable bonds is 16. The van der Waals surface area contributed by atoms with Gasteiger partial charge in [0.05, 0.1) is 11.7 Å². The van der Waals surface area contributed by atoms with Crippen LogP contribution in [0.5, 0.6) is 5.75 Å². The fourth-order valence-electron chi connectivity index (χ4n) is 3.01. The van der Waals surface area contributed by atoms with Crippen LogP contribution in [0.2, 0.25) is 0 Å². The van der Waals surface area contributed by atoms with Crippen molar-refractivity contribution < 1.29 is 19.7 Å². The molecular formula is C22H36O4. The summed E-state index contributed by atoms with van der Waals surface area (Å²) < 4.78 is 5.51. The molecule has 0 spiro atoms. The number of aliphatic hydroxyl groups excluding tert-OH is 1. The Morgan fingerprint density at radius 1 is 0.885 bits per heavy atom. The maximum absolute atomic E-state index is 10.8. The number of carboxylic acids is 1. The minimum Gasteiger partial charge on any atom is -0.491 e. The first-order valence-electron chi connectivity index (χ1n) is 10.3. The molecule has 0 radical (unpaired) electrons. The summed E-state index contributed by atoms with van der Waals surface area (Å²) in [6.45, 7) is 2.51. The molecule has 1 rings (SSSR count). The van der Waals surface area contributed by atoms with Gasteiger partial charge in [-0.05, 0) is 30.7 Å². The molecule has 0 bridgehead atoms. The SMILES string of the molecule is CCCCCCCCCCCCCC(O)COc1ccc(C(=O)O)cc1. The molecule has 1 atom stereocenters. The Morgan fingerprint density at radius 2 is 1.38 bits per heavy atom.